The van der Waals surface area contributed by atoms with Crippen molar-refractivity contribution >= 4 is 17.3 Å². The van der Waals surface area contributed by atoms with Crippen LogP contribution in [0, 0.1) is 6.92 Å². The first kappa shape index (κ1) is 13.4. The summed E-state index contributed by atoms with van der Waals surface area (Å²) in [6.07, 6.45) is 2.44. The number of nitrogens with zero attached hydrogens (tertiary/aromatic N) is 1. The second-order valence-corrected chi connectivity index (χ2v) is 6.08. The van der Waals surface area contributed by atoms with Gasteiger partial charge in [0.05, 0.1) is 6.54 Å². The molecule has 1 aliphatic rings. The molecule has 0 aliphatic heterocycles. The number of carboxylic acids is 1. The molecular formula is C15H17NO3S. The van der Waals surface area contributed by atoms with Crippen LogP contribution in [0.15, 0.2) is 27.3 Å². The summed E-state index contributed by atoms with van der Waals surface area (Å²) in [5.41, 5.74) is 2.00. The van der Waals surface area contributed by atoms with Crippen molar-refractivity contribution in [2.24, 2.45) is 0 Å². The molecule has 0 aromatic carbocycles. The van der Waals surface area contributed by atoms with E-state index in [2.05, 4.69) is 21.7 Å². The summed E-state index contributed by atoms with van der Waals surface area (Å²) < 4.78 is 5.46. The van der Waals surface area contributed by atoms with Crippen molar-refractivity contribution in [3.8, 4) is 0 Å². The van der Waals surface area contributed by atoms with E-state index < -0.39 is 5.97 Å². The zero-order valence-electron chi connectivity index (χ0n) is 11.3. The van der Waals surface area contributed by atoms with Crippen LogP contribution in [0.5, 0.6) is 0 Å². The van der Waals surface area contributed by atoms with Crippen LogP contribution < -0.4 is 0 Å². The minimum atomic E-state index is -0.996. The molecule has 2 aromatic heterocycles. The molecule has 4 nitrogen and oxygen atoms in total. The van der Waals surface area contributed by atoms with Crippen molar-refractivity contribution in [3.05, 3.63) is 45.5 Å². The third-order valence-electron chi connectivity index (χ3n) is 3.55. The Bertz CT molecular complexity index is 599. The summed E-state index contributed by atoms with van der Waals surface area (Å²) in [4.78, 5) is 13.4. The Balaban J connectivity index is 1.73. The number of carbonyl (C=O) groups is 1. The molecule has 2 heterocycles. The fourth-order valence-corrected chi connectivity index (χ4v) is 3.07. The predicted octanol–water partition coefficient (Wildman–Crippen LogP) is 3.51. The molecule has 0 bridgehead atoms. The maximum absolute atomic E-state index is 11.0. The van der Waals surface area contributed by atoms with Crippen LogP contribution >= 0.6 is 11.3 Å². The lowest BCUT2D eigenvalue weighted by Crippen LogP contribution is -2.24. The molecule has 1 saturated carbocycles. The van der Waals surface area contributed by atoms with E-state index in [0.29, 0.717) is 18.2 Å². The first-order valence-electron chi connectivity index (χ1n) is 6.71. The van der Waals surface area contributed by atoms with Crippen molar-refractivity contribution in [3.63, 3.8) is 0 Å². The molecule has 3 rings (SSSR count). The molecule has 106 valence electrons. The number of furan rings is 1. The Labute approximate surface area is 121 Å². The second kappa shape index (κ2) is 5.42. The summed E-state index contributed by atoms with van der Waals surface area (Å²) in [7, 11) is 0. The number of aryl methyl sites for hydroxylation is 1. The monoisotopic (exact) mass is 291 g/mol. The highest BCUT2D eigenvalue weighted by molar-refractivity contribution is 7.07. The van der Waals surface area contributed by atoms with Crippen LogP contribution in [-0.4, -0.2) is 22.0 Å². The Morgan fingerprint density at radius 1 is 1.50 bits per heavy atom. The molecule has 0 atom stereocenters. The highest BCUT2D eigenvalue weighted by Crippen LogP contribution is 2.31. The second-order valence-electron chi connectivity index (χ2n) is 5.30. The fourth-order valence-electron chi connectivity index (χ4n) is 2.41. The van der Waals surface area contributed by atoms with E-state index in [-0.39, 0.29) is 5.76 Å². The van der Waals surface area contributed by atoms with Crippen molar-refractivity contribution in [2.75, 3.05) is 0 Å². The summed E-state index contributed by atoms with van der Waals surface area (Å²) in [5.74, 6) is -0.196. The van der Waals surface area contributed by atoms with Crippen LogP contribution in [0.1, 0.15) is 40.3 Å². The molecule has 0 radical (unpaired) electrons. The van der Waals surface area contributed by atoms with Gasteiger partial charge >= 0.3 is 5.97 Å². The third-order valence-corrected chi connectivity index (χ3v) is 4.28. The van der Waals surface area contributed by atoms with Gasteiger partial charge in [0, 0.05) is 18.2 Å². The molecule has 0 saturated heterocycles. The lowest BCUT2D eigenvalue weighted by Gasteiger charge is -2.20. The Kier molecular flexibility index (Phi) is 3.63. The van der Waals surface area contributed by atoms with Gasteiger partial charge in [-0.05, 0) is 48.2 Å². The Morgan fingerprint density at radius 2 is 2.30 bits per heavy atom. The Morgan fingerprint density at radius 3 is 2.85 bits per heavy atom. The van der Waals surface area contributed by atoms with Gasteiger partial charge < -0.3 is 9.52 Å². The lowest BCUT2D eigenvalue weighted by atomic mass is 10.2. The fraction of sp³-hybridized carbons (Fsp3) is 0.400. The summed E-state index contributed by atoms with van der Waals surface area (Å²) >= 11 is 1.70. The normalized spacial score (nSPS) is 14.9. The quantitative estimate of drug-likeness (QED) is 0.885. The zero-order valence-corrected chi connectivity index (χ0v) is 12.2. The molecular weight excluding hydrogens is 274 g/mol. The number of aromatic carboxylic acids is 1. The molecule has 1 aliphatic carbocycles. The molecule has 0 unspecified atom stereocenters. The number of carboxylic acid groups (broad SMARTS) is 1. The third kappa shape index (κ3) is 2.94. The maximum Gasteiger partial charge on any atom is 0.372 e. The van der Waals surface area contributed by atoms with Gasteiger partial charge in [-0.15, -0.1) is 0 Å². The van der Waals surface area contributed by atoms with Gasteiger partial charge in [-0.3, -0.25) is 4.90 Å². The molecule has 2 aromatic rings. The molecule has 20 heavy (non-hydrogen) atoms. The van der Waals surface area contributed by atoms with Crippen LogP contribution in [0.4, 0.5) is 0 Å². The van der Waals surface area contributed by atoms with Gasteiger partial charge in [-0.25, -0.2) is 4.79 Å². The molecule has 0 spiro atoms. The molecule has 0 amide bonds. The minimum absolute atomic E-state index is 0.0614. The first-order chi connectivity index (χ1) is 9.63. The minimum Gasteiger partial charge on any atom is -0.475 e. The van der Waals surface area contributed by atoms with Crippen LogP contribution in [0.2, 0.25) is 0 Å². The highest BCUT2D eigenvalue weighted by Gasteiger charge is 2.30. The summed E-state index contributed by atoms with van der Waals surface area (Å²) in [5, 5.41) is 13.3. The predicted molar refractivity (Wildman–Crippen MR) is 77.0 cm³/mol. The molecule has 1 N–H and O–H groups in total. The van der Waals surface area contributed by atoms with Gasteiger partial charge in [0.25, 0.3) is 0 Å². The van der Waals surface area contributed by atoms with E-state index in [1.54, 1.807) is 18.3 Å². The van der Waals surface area contributed by atoms with E-state index in [9.17, 15) is 4.79 Å². The van der Waals surface area contributed by atoms with Crippen molar-refractivity contribution in [1.29, 1.82) is 0 Å². The van der Waals surface area contributed by atoms with Gasteiger partial charge in [0.2, 0.25) is 5.76 Å². The van der Waals surface area contributed by atoms with Crippen molar-refractivity contribution in [1.82, 2.24) is 4.90 Å². The van der Waals surface area contributed by atoms with Gasteiger partial charge in [-0.2, -0.15) is 11.3 Å². The van der Waals surface area contributed by atoms with Gasteiger partial charge in [0.15, 0.2) is 0 Å². The highest BCUT2D eigenvalue weighted by atomic mass is 32.1. The van der Waals surface area contributed by atoms with E-state index in [1.165, 1.54) is 18.4 Å². The van der Waals surface area contributed by atoms with Crippen molar-refractivity contribution in [2.45, 2.75) is 38.9 Å². The van der Waals surface area contributed by atoms with Crippen LogP contribution in [-0.2, 0) is 13.1 Å². The van der Waals surface area contributed by atoms with Crippen molar-refractivity contribution < 1.29 is 14.3 Å². The number of thiophene rings is 1. The SMILES string of the molecule is Cc1cc(CN(Cc2ccsc2)C2CC2)oc1C(=O)O. The zero-order chi connectivity index (χ0) is 14.1. The lowest BCUT2D eigenvalue weighted by molar-refractivity contribution is 0.0657. The Hall–Kier alpha value is -1.59. The number of hydrogen-bond acceptors (Lipinski definition) is 4. The van der Waals surface area contributed by atoms with Crippen LogP contribution in [0.3, 0.4) is 0 Å². The van der Waals surface area contributed by atoms with E-state index in [4.69, 9.17) is 9.52 Å². The average molecular weight is 291 g/mol. The van der Waals surface area contributed by atoms with Gasteiger partial charge in [0.1, 0.15) is 5.76 Å². The smallest absolute Gasteiger partial charge is 0.372 e. The number of rotatable bonds is 6. The summed E-state index contributed by atoms with van der Waals surface area (Å²) in [6, 6.07) is 4.58. The van der Waals surface area contributed by atoms with Crippen LogP contribution in [0.25, 0.3) is 0 Å². The first-order valence-corrected chi connectivity index (χ1v) is 7.65. The largest absolute Gasteiger partial charge is 0.475 e. The van der Waals surface area contributed by atoms with Gasteiger partial charge in [-0.1, -0.05) is 0 Å². The van der Waals surface area contributed by atoms with E-state index in [1.807, 2.05) is 6.07 Å². The summed E-state index contributed by atoms with van der Waals surface area (Å²) in [6.45, 7) is 3.35. The number of hydrogen-bond donors (Lipinski definition) is 1. The van der Waals surface area contributed by atoms with E-state index >= 15 is 0 Å². The average Bonchev–Trinajstić information content (AvgIpc) is 3.00. The topological polar surface area (TPSA) is 53.7 Å². The molecule has 1 fully saturated rings. The molecule has 5 heteroatoms. The maximum atomic E-state index is 11.0. The standard InChI is InChI=1S/C15H17NO3S/c1-10-6-13(19-14(10)15(17)18)8-16(12-2-3-12)7-11-4-5-20-9-11/h4-6,9,12H,2-3,7-8H2,1H3,(H,17,18). The van der Waals surface area contributed by atoms with E-state index in [0.717, 1.165) is 12.3 Å².